The molecule has 5 atom stereocenters. The minimum atomic E-state index is -0.712. The Kier molecular flexibility index (Phi) is 3.96. The number of ether oxygens (including phenoxy) is 5. The lowest BCUT2D eigenvalue weighted by atomic mass is 10.1. The van der Waals surface area contributed by atoms with Crippen molar-refractivity contribution in [3.05, 3.63) is 12.7 Å². The van der Waals surface area contributed by atoms with E-state index in [-0.39, 0.29) is 12.2 Å². The second-order valence-corrected chi connectivity index (χ2v) is 5.08. The van der Waals surface area contributed by atoms with Crippen molar-refractivity contribution in [3.63, 3.8) is 0 Å². The molecule has 2 aliphatic heterocycles. The Morgan fingerprint density at radius 3 is 2.53 bits per heavy atom. The predicted molar refractivity (Wildman–Crippen MR) is 65.2 cm³/mol. The molecule has 0 spiro atoms. The van der Waals surface area contributed by atoms with Crippen molar-refractivity contribution >= 4 is 5.97 Å². The molecule has 0 amide bonds. The van der Waals surface area contributed by atoms with E-state index < -0.39 is 30.3 Å². The van der Waals surface area contributed by atoms with Gasteiger partial charge in [-0.1, -0.05) is 6.58 Å². The standard InChI is InChI=1S/C13H20O6/c1-6-8(16-7(2)14)9-10-11(12(15-5)17-9)19-13(3,4)18-10/h6,8-12H,1H2,2-5H3/t8-,9+,10+,11+,12+/m0/s1. The number of fused-ring (bicyclic) bond motifs is 1. The number of carbonyl (C=O) groups excluding carboxylic acids is 1. The van der Waals surface area contributed by atoms with Crippen LogP contribution in [0.5, 0.6) is 0 Å². The highest BCUT2D eigenvalue weighted by Crippen LogP contribution is 2.40. The van der Waals surface area contributed by atoms with E-state index >= 15 is 0 Å². The summed E-state index contributed by atoms with van der Waals surface area (Å²) in [5.74, 6) is -1.11. The zero-order valence-corrected chi connectivity index (χ0v) is 11.6. The van der Waals surface area contributed by atoms with E-state index in [1.54, 1.807) is 0 Å². The van der Waals surface area contributed by atoms with Crippen LogP contribution in [0.2, 0.25) is 0 Å². The zero-order valence-electron chi connectivity index (χ0n) is 11.6. The lowest BCUT2D eigenvalue weighted by molar-refractivity contribution is -0.235. The molecular formula is C13H20O6. The third-order valence-corrected chi connectivity index (χ3v) is 3.14. The molecule has 0 N–H and O–H groups in total. The van der Waals surface area contributed by atoms with Crippen molar-refractivity contribution in [2.45, 2.75) is 57.3 Å². The summed E-state index contributed by atoms with van der Waals surface area (Å²) < 4.78 is 27.7. The van der Waals surface area contributed by atoms with Crippen molar-refractivity contribution in [2.24, 2.45) is 0 Å². The van der Waals surface area contributed by atoms with Crippen LogP contribution in [-0.4, -0.2) is 49.6 Å². The largest absolute Gasteiger partial charge is 0.455 e. The first-order valence-electron chi connectivity index (χ1n) is 6.21. The molecule has 0 radical (unpaired) electrons. The van der Waals surface area contributed by atoms with E-state index in [0.29, 0.717) is 0 Å². The van der Waals surface area contributed by atoms with E-state index in [1.807, 2.05) is 13.8 Å². The van der Waals surface area contributed by atoms with Gasteiger partial charge in [0.05, 0.1) is 0 Å². The molecule has 2 fully saturated rings. The molecule has 19 heavy (non-hydrogen) atoms. The summed E-state index contributed by atoms with van der Waals surface area (Å²) in [6.45, 7) is 8.65. The summed E-state index contributed by atoms with van der Waals surface area (Å²) in [5, 5.41) is 0. The van der Waals surface area contributed by atoms with Gasteiger partial charge in [-0.05, 0) is 19.9 Å². The second-order valence-electron chi connectivity index (χ2n) is 5.08. The van der Waals surface area contributed by atoms with E-state index in [9.17, 15) is 4.79 Å². The Labute approximate surface area is 112 Å². The zero-order chi connectivity index (χ0) is 14.2. The first-order valence-corrected chi connectivity index (χ1v) is 6.21. The molecule has 2 saturated heterocycles. The molecule has 6 heteroatoms. The third kappa shape index (κ3) is 2.81. The monoisotopic (exact) mass is 272 g/mol. The van der Waals surface area contributed by atoms with Crippen LogP contribution < -0.4 is 0 Å². The molecule has 0 aromatic heterocycles. The second kappa shape index (κ2) is 5.20. The van der Waals surface area contributed by atoms with Gasteiger partial charge in [0.1, 0.15) is 24.4 Å². The summed E-state index contributed by atoms with van der Waals surface area (Å²) in [4.78, 5) is 11.1. The Bertz CT molecular complexity index is 366. The Morgan fingerprint density at radius 2 is 2.00 bits per heavy atom. The maximum absolute atomic E-state index is 11.1. The van der Waals surface area contributed by atoms with Crippen molar-refractivity contribution in [1.82, 2.24) is 0 Å². The molecule has 0 aromatic rings. The summed E-state index contributed by atoms with van der Waals surface area (Å²) in [6, 6.07) is 0. The van der Waals surface area contributed by atoms with Gasteiger partial charge in [0.15, 0.2) is 12.1 Å². The van der Waals surface area contributed by atoms with Crippen LogP contribution in [0, 0.1) is 0 Å². The summed E-state index contributed by atoms with van der Waals surface area (Å²) in [7, 11) is 1.54. The molecule has 0 unspecified atom stereocenters. The van der Waals surface area contributed by atoms with Crippen molar-refractivity contribution in [1.29, 1.82) is 0 Å². The summed E-state index contributed by atoms with van der Waals surface area (Å²) in [5.41, 5.74) is 0. The van der Waals surface area contributed by atoms with Gasteiger partial charge in [-0.25, -0.2) is 0 Å². The highest BCUT2D eigenvalue weighted by molar-refractivity contribution is 5.66. The molecule has 0 bridgehead atoms. The Morgan fingerprint density at radius 1 is 1.37 bits per heavy atom. The predicted octanol–water partition coefficient (Wildman–Crippen LogP) is 0.995. The van der Waals surface area contributed by atoms with Gasteiger partial charge >= 0.3 is 5.97 Å². The highest BCUT2D eigenvalue weighted by atomic mass is 16.8. The van der Waals surface area contributed by atoms with Gasteiger partial charge in [-0.3, -0.25) is 4.79 Å². The van der Waals surface area contributed by atoms with Gasteiger partial charge in [0.2, 0.25) is 0 Å². The molecule has 2 rings (SSSR count). The number of hydrogen-bond acceptors (Lipinski definition) is 6. The molecule has 2 heterocycles. The van der Waals surface area contributed by atoms with Gasteiger partial charge in [0, 0.05) is 14.0 Å². The maximum atomic E-state index is 11.1. The highest BCUT2D eigenvalue weighted by Gasteiger charge is 2.57. The number of hydrogen-bond donors (Lipinski definition) is 0. The number of carbonyl (C=O) groups is 1. The van der Waals surface area contributed by atoms with Gasteiger partial charge in [-0.2, -0.15) is 0 Å². The fraction of sp³-hybridized carbons (Fsp3) is 0.769. The number of methoxy groups -OCH3 is 1. The average molecular weight is 272 g/mol. The molecule has 108 valence electrons. The van der Waals surface area contributed by atoms with Crippen molar-refractivity contribution in [2.75, 3.05) is 7.11 Å². The Hall–Kier alpha value is -0.950. The number of rotatable bonds is 4. The maximum Gasteiger partial charge on any atom is 0.303 e. The van der Waals surface area contributed by atoms with Crippen LogP contribution in [0.15, 0.2) is 12.7 Å². The minimum Gasteiger partial charge on any atom is -0.455 e. The molecule has 6 nitrogen and oxygen atoms in total. The SMILES string of the molecule is C=C[C@H](OC(C)=O)[C@H]1O[C@@H](OC)[C@@H]2OC(C)(C)O[C@@H]21. The lowest BCUT2D eigenvalue weighted by Gasteiger charge is -2.26. The van der Waals surface area contributed by atoms with Gasteiger partial charge < -0.3 is 23.7 Å². The van der Waals surface area contributed by atoms with Crippen LogP contribution in [-0.2, 0) is 28.5 Å². The van der Waals surface area contributed by atoms with Gasteiger partial charge in [-0.15, -0.1) is 0 Å². The third-order valence-electron chi connectivity index (χ3n) is 3.14. The molecule has 2 aliphatic rings. The molecule has 0 aromatic carbocycles. The van der Waals surface area contributed by atoms with E-state index in [2.05, 4.69) is 6.58 Å². The van der Waals surface area contributed by atoms with E-state index in [1.165, 1.54) is 20.1 Å². The Balaban J connectivity index is 2.17. The topological polar surface area (TPSA) is 63.2 Å². The fourth-order valence-corrected chi connectivity index (χ4v) is 2.49. The smallest absolute Gasteiger partial charge is 0.303 e. The first-order chi connectivity index (χ1) is 8.88. The lowest BCUT2D eigenvalue weighted by Crippen LogP contribution is -2.39. The average Bonchev–Trinajstić information content (AvgIpc) is 2.79. The van der Waals surface area contributed by atoms with Gasteiger partial charge in [0.25, 0.3) is 0 Å². The quantitative estimate of drug-likeness (QED) is 0.562. The van der Waals surface area contributed by atoms with Crippen LogP contribution in [0.1, 0.15) is 20.8 Å². The minimum absolute atomic E-state index is 0.344. The first kappa shape index (κ1) is 14.5. The van der Waals surface area contributed by atoms with Crippen LogP contribution in [0.4, 0.5) is 0 Å². The fourth-order valence-electron chi connectivity index (χ4n) is 2.49. The summed E-state index contributed by atoms with van der Waals surface area (Å²) >= 11 is 0. The van der Waals surface area contributed by atoms with Crippen molar-refractivity contribution in [3.8, 4) is 0 Å². The summed E-state index contributed by atoms with van der Waals surface area (Å²) in [6.07, 6.45) is -0.809. The molecular weight excluding hydrogens is 252 g/mol. The molecule has 0 aliphatic carbocycles. The van der Waals surface area contributed by atoms with E-state index in [0.717, 1.165) is 0 Å². The van der Waals surface area contributed by atoms with E-state index in [4.69, 9.17) is 23.7 Å². The van der Waals surface area contributed by atoms with Crippen molar-refractivity contribution < 1.29 is 28.5 Å². The van der Waals surface area contributed by atoms with Crippen LogP contribution >= 0.6 is 0 Å². The number of esters is 1. The molecule has 0 saturated carbocycles. The normalized spacial score (nSPS) is 37.7. The van der Waals surface area contributed by atoms with Crippen LogP contribution in [0.25, 0.3) is 0 Å². The van der Waals surface area contributed by atoms with Crippen LogP contribution in [0.3, 0.4) is 0 Å².